The number of nitrogens with one attached hydrogen (secondary N) is 1. The number of rotatable bonds is 9. The summed E-state index contributed by atoms with van der Waals surface area (Å²) in [5, 5.41) is 13.4. The summed E-state index contributed by atoms with van der Waals surface area (Å²) in [5.74, 6) is 0.743. The molecule has 0 bridgehead atoms. The standard InChI is InChI=1S/C16H27NO/c1-3-5-9-14(4-2)12-17-13-16(18)15-10-7-6-8-11-15/h6-8,10-11,14,16-18H,3-5,9,12-13H2,1-2H3/t14-,16+/m0/s1. The third-order valence-corrected chi connectivity index (χ3v) is 3.50. The first-order valence-electron chi connectivity index (χ1n) is 7.21. The smallest absolute Gasteiger partial charge is 0.0914 e. The number of aliphatic hydroxyl groups is 1. The van der Waals surface area contributed by atoms with Crippen LogP contribution in [0.5, 0.6) is 0 Å². The highest BCUT2D eigenvalue weighted by Gasteiger charge is 2.09. The van der Waals surface area contributed by atoms with E-state index in [1.165, 1.54) is 25.7 Å². The average molecular weight is 249 g/mol. The maximum absolute atomic E-state index is 10.0. The molecule has 2 nitrogen and oxygen atoms in total. The van der Waals surface area contributed by atoms with Crippen molar-refractivity contribution in [2.45, 2.75) is 45.6 Å². The van der Waals surface area contributed by atoms with Gasteiger partial charge >= 0.3 is 0 Å². The Morgan fingerprint density at radius 2 is 1.83 bits per heavy atom. The van der Waals surface area contributed by atoms with E-state index in [1.54, 1.807) is 0 Å². The first-order valence-corrected chi connectivity index (χ1v) is 7.21. The number of aliphatic hydroxyl groups excluding tert-OH is 1. The predicted octanol–water partition coefficient (Wildman–Crippen LogP) is 3.53. The van der Waals surface area contributed by atoms with Crippen LogP contribution < -0.4 is 5.32 Å². The summed E-state index contributed by atoms with van der Waals surface area (Å²) in [5.41, 5.74) is 0.992. The largest absolute Gasteiger partial charge is 0.387 e. The van der Waals surface area contributed by atoms with Crippen LogP contribution in [0.25, 0.3) is 0 Å². The molecule has 0 fully saturated rings. The van der Waals surface area contributed by atoms with Gasteiger partial charge in [-0.05, 0) is 24.4 Å². The van der Waals surface area contributed by atoms with Gasteiger partial charge in [0.25, 0.3) is 0 Å². The lowest BCUT2D eigenvalue weighted by Gasteiger charge is -2.17. The van der Waals surface area contributed by atoms with Gasteiger partial charge in [0.1, 0.15) is 0 Å². The van der Waals surface area contributed by atoms with Gasteiger partial charge in [0.15, 0.2) is 0 Å². The van der Waals surface area contributed by atoms with E-state index in [-0.39, 0.29) is 0 Å². The molecule has 0 aliphatic heterocycles. The molecule has 0 amide bonds. The molecule has 2 N–H and O–H groups in total. The first-order chi connectivity index (χ1) is 8.77. The molecule has 1 aromatic carbocycles. The molecular weight excluding hydrogens is 222 g/mol. The molecule has 1 rings (SSSR count). The number of benzene rings is 1. The predicted molar refractivity (Wildman–Crippen MR) is 77.6 cm³/mol. The van der Waals surface area contributed by atoms with Crippen LogP contribution in [-0.2, 0) is 0 Å². The van der Waals surface area contributed by atoms with Crippen molar-refractivity contribution < 1.29 is 5.11 Å². The molecule has 0 aromatic heterocycles. The molecule has 2 atom stereocenters. The van der Waals surface area contributed by atoms with Crippen LogP contribution >= 0.6 is 0 Å². The first kappa shape index (κ1) is 15.2. The van der Waals surface area contributed by atoms with Gasteiger partial charge in [-0.25, -0.2) is 0 Å². The molecule has 0 saturated heterocycles. The van der Waals surface area contributed by atoms with E-state index in [9.17, 15) is 5.11 Å². The van der Waals surface area contributed by atoms with E-state index in [2.05, 4.69) is 19.2 Å². The average Bonchev–Trinajstić information content (AvgIpc) is 2.43. The third-order valence-electron chi connectivity index (χ3n) is 3.50. The van der Waals surface area contributed by atoms with Crippen LogP contribution in [0.4, 0.5) is 0 Å². The van der Waals surface area contributed by atoms with Crippen LogP contribution in [0, 0.1) is 5.92 Å². The molecule has 1 aromatic rings. The zero-order valence-corrected chi connectivity index (χ0v) is 11.7. The Kier molecular flexibility index (Phi) is 7.70. The highest BCUT2D eigenvalue weighted by atomic mass is 16.3. The fourth-order valence-corrected chi connectivity index (χ4v) is 2.16. The molecule has 0 radical (unpaired) electrons. The van der Waals surface area contributed by atoms with Gasteiger partial charge in [-0.2, -0.15) is 0 Å². The molecule has 0 aliphatic carbocycles. The molecule has 0 unspecified atom stereocenters. The Hall–Kier alpha value is -0.860. The van der Waals surface area contributed by atoms with Crippen molar-refractivity contribution >= 4 is 0 Å². The van der Waals surface area contributed by atoms with E-state index < -0.39 is 6.10 Å². The van der Waals surface area contributed by atoms with Crippen molar-refractivity contribution in [3.63, 3.8) is 0 Å². The summed E-state index contributed by atoms with van der Waals surface area (Å²) >= 11 is 0. The second-order valence-electron chi connectivity index (χ2n) is 5.00. The Morgan fingerprint density at radius 1 is 1.11 bits per heavy atom. The van der Waals surface area contributed by atoms with Crippen LogP contribution in [0.15, 0.2) is 30.3 Å². The fraction of sp³-hybridized carbons (Fsp3) is 0.625. The van der Waals surface area contributed by atoms with Gasteiger partial charge in [-0.15, -0.1) is 0 Å². The zero-order valence-electron chi connectivity index (χ0n) is 11.7. The van der Waals surface area contributed by atoms with Crippen LogP contribution in [0.1, 0.15) is 51.2 Å². The van der Waals surface area contributed by atoms with Gasteiger partial charge in [-0.3, -0.25) is 0 Å². The lowest BCUT2D eigenvalue weighted by Crippen LogP contribution is -2.27. The van der Waals surface area contributed by atoms with Crippen molar-refractivity contribution in [1.29, 1.82) is 0 Å². The van der Waals surface area contributed by atoms with Gasteiger partial charge in [0, 0.05) is 6.54 Å². The summed E-state index contributed by atoms with van der Waals surface area (Å²) in [7, 11) is 0. The molecule has 0 saturated carbocycles. The molecule has 0 aliphatic rings. The van der Waals surface area contributed by atoms with Gasteiger partial charge in [-0.1, -0.05) is 63.4 Å². The number of hydrogen-bond donors (Lipinski definition) is 2. The van der Waals surface area contributed by atoms with E-state index in [1.807, 2.05) is 30.3 Å². The van der Waals surface area contributed by atoms with E-state index in [4.69, 9.17) is 0 Å². The maximum atomic E-state index is 10.0. The van der Waals surface area contributed by atoms with Gasteiger partial charge in [0.05, 0.1) is 6.10 Å². The summed E-state index contributed by atoms with van der Waals surface area (Å²) in [6.07, 6.45) is 4.69. The Balaban J connectivity index is 2.24. The molecule has 0 heterocycles. The minimum absolute atomic E-state index is 0.394. The number of hydrogen-bond acceptors (Lipinski definition) is 2. The lowest BCUT2D eigenvalue weighted by molar-refractivity contribution is 0.172. The third kappa shape index (κ3) is 5.65. The topological polar surface area (TPSA) is 32.3 Å². The highest BCUT2D eigenvalue weighted by Crippen LogP contribution is 2.13. The summed E-state index contributed by atoms with van der Waals surface area (Å²) < 4.78 is 0. The van der Waals surface area contributed by atoms with Gasteiger partial charge in [0.2, 0.25) is 0 Å². The van der Waals surface area contributed by atoms with E-state index in [0.717, 1.165) is 18.0 Å². The van der Waals surface area contributed by atoms with Crippen molar-refractivity contribution in [1.82, 2.24) is 5.32 Å². The van der Waals surface area contributed by atoms with E-state index >= 15 is 0 Å². The summed E-state index contributed by atoms with van der Waals surface area (Å²) in [4.78, 5) is 0. The van der Waals surface area contributed by atoms with Crippen LogP contribution in [0.2, 0.25) is 0 Å². The monoisotopic (exact) mass is 249 g/mol. The van der Waals surface area contributed by atoms with E-state index in [0.29, 0.717) is 6.54 Å². The fourth-order valence-electron chi connectivity index (χ4n) is 2.16. The summed E-state index contributed by atoms with van der Waals surface area (Å²) in [6.45, 7) is 6.14. The lowest BCUT2D eigenvalue weighted by atomic mass is 9.99. The normalized spacial score (nSPS) is 14.4. The molecule has 18 heavy (non-hydrogen) atoms. The van der Waals surface area contributed by atoms with Crippen LogP contribution in [-0.4, -0.2) is 18.2 Å². The Bertz CT molecular complexity index is 299. The zero-order chi connectivity index (χ0) is 13.2. The van der Waals surface area contributed by atoms with Crippen molar-refractivity contribution in [3.05, 3.63) is 35.9 Å². The Labute approximate surface area is 111 Å². The summed E-state index contributed by atoms with van der Waals surface area (Å²) in [6, 6.07) is 9.85. The molecule has 0 spiro atoms. The molecule has 102 valence electrons. The van der Waals surface area contributed by atoms with Crippen molar-refractivity contribution in [2.24, 2.45) is 5.92 Å². The SMILES string of the molecule is CCCC[C@H](CC)CNC[C@@H](O)c1ccccc1. The Morgan fingerprint density at radius 3 is 2.44 bits per heavy atom. The quantitative estimate of drug-likeness (QED) is 0.702. The molecule has 2 heteroatoms. The van der Waals surface area contributed by atoms with Crippen LogP contribution in [0.3, 0.4) is 0 Å². The maximum Gasteiger partial charge on any atom is 0.0914 e. The number of unbranched alkanes of at least 4 members (excludes halogenated alkanes) is 1. The minimum atomic E-state index is -0.394. The second-order valence-corrected chi connectivity index (χ2v) is 5.00. The van der Waals surface area contributed by atoms with Gasteiger partial charge < -0.3 is 10.4 Å². The molecular formula is C16H27NO. The second kappa shape index (κ2) is 9.12. The van der Waals surface area contributed by atoms with Crippen molar-refractivity contribution in [3.8, 4) is 0 Å². The van der Waals surface area contributed by atoms with Crippen molar-refractivity contribution in [2.75, 3.05) is 13.1 Å². The highest BCUT2D eigenvalue weighted by molar-refractivity contribution is 5.17. The minimum Gasteiger partial charge on any atom is -0.387 e.